The molecule has 2 nitrogen and oxygen atoms in total. The maximum atomic E-state index is 12.2. The largest absolute Gasteiger partial charge is 0.311 e. The van der Waals surface area contributed by atoms with Crippen molar-refractivity contribution >= 4 is 17.5 Å². The monoisotopic (exact) mass is 275 g/mol. The van der Waals surface area contributed by atoms with E-state index in [1.807, 2.05) is 42.6 Å². The van der Waals surface area contributed by atoms with E-state index in [2.05, 4.69) is 6.08 Å². The number of nitrogens with zero attached hydrogens (tertiary/aromatic N) is 1. The zero-order valence-electron chi connectivity index (χ0n) is 10.9. The molecule has 0 fully saturated rings. The van der Waals surface area contributed by atoms with Gasteiger partial charge in [-0.3, -0.25) is 4.79 Å². The van der Waals surface area contributed by atoms with Gasteiger partial charge in [-0.2, -0.15) is 0 Å². The zero-order chi connectivity index (χ0) is 13.5. The lowest BCUT2D eigenvalue weighted by atomic mass is 10.1. The molecule has 3 heteroatoms. The van der Waals surface area contributed by atoms with Gasteiger partial charge in [0.15, 0.2) is 0 Å². The molecule has 1 aromatic carbocycles. The second kappa shape index (κ2) is 7.15. The summed E-state index contributed by atoms with van der Waals surface area (Å²) in [5.74, 6) is 0.767. The van der Waals surface area contributed by atoms with Gasteiger partial charge in [0.25, 0.3) is 5.91 Å². The Kier molecular flexibility index (Phi) is 5.22. The lowest BCUT2D eigenvalue weighted by Crippen LogP contribution is -2.27. The van der Waals surface area contributed by atoms with Crippen molar-refractivity contribution < 1.29 is 4.79 Å². The summed E-state index contributed by atoms with van der Waals surface area (Å²) in [6.45, 7) is 0.653. The maximum absolute atomic E-state index is 12.2. The summed E-state index contributed by atoms with van der Waals surface area (Å²) < 4.78 is 0. The maximum Gasteiger partial charge on any atom is 0.258 e. The Morgan fingerprint density at radius 3 is 2.63 bits per heavy atom. The van der Waals surface area contributed by atoms with Crippen LogP contribution in [0.1, 0.15) is 29.6 Å². The average Bonchev–Trinajstić information content (AvgIpc) is 2.48. The minimum Gasteiger partial charge on any atom is -0.311 e. The van der Waals surface area contributed by atoms with Crippen molar-refractivity contribution in [2.45, 2.75) is 19.3 Å². The quantitative estimate of drug-likeness (QED) is 0.588. The lowest BCUT2D eigenvalue weighted by molar-refractivity contribution is 0.0833. The Hall–Kier alpha value is -1.54. The molecular formula is C16H18ClNO. The molecule has 0 N–H and O–H groups in total. The standard InChI is InChI=1S/C16H18ClNO/c17-11-5-4-6-14-9-12-18(13-10-14)16(19)15-7-2-1-3-8-15/h1-3,7-10,12H,4-6,11,13H2. The highest BCUT2D eigenvalue weighted by atomic mass is 35.5. The van der Waals surface area contributed by atoms with Gasteiger partial charge in [-0.15, -0.1) is 11.6 Å². The smallest absolute Gasteiger partial charge is 0.258 e. The minimum absolute atomic E-state index is 0.0490. The SMILES string of the molecule is O=C(c1ccccc1)N1C=CC(CCCCCl)=CC1. The van der Waals surface area contributed by atoms with Crippen LogP contribution in [0.15, 0.2) is 54.3 Å². The highest BCUT2D eigenvalue weighted by Gasteiger charge is 2.14. The van der Waals surface area contributed by atoms with Gasteiger partial charge in [0, 0.05) is 24.2 Å². The normalized spacial score (nSPS) is 14.4. The number of rotatable bonds is 5. The summed E-state index contributed by atoms with van der Waals surface area (Å²) in [5, 5.41) is 0. The molecule has 0 radical (unpaired) electrons. The van der Waals surface area contributed by atoms with Crippen LogP contribution in [0, 0.1) is 0 Å². The van der Waals surface area contributed by atoms with E-state index < -0.39 is 0 Å². The van der Waals surface area contributed by atoms with Crippen molar-refractivity contribution in [1.29, 1.82) is 0 Å². The number of unbranched alkanes of at least 4 members (excludes halogenated alkanes) is 1. The van der Waals surface area contributed by atoms with Crippen LogP contribution < -0.4 is 0 Å². The van der Waals surface area contributed by atoms with Gasteiger partial charge >= 0.3 is 0 Å². The summed E-state index contributed by atoms with van der Waals surface area (Å²) in [6.07, 6.45) is 9.21. The van der Waals surface area contributed by atoms with Crippen LogP contribution in [0.5, 0.6) is 0 Å². The number of hydrogen-bond donors (Lipinski definition) is 0. The Labute approximate surface area is 119 Å². The van der Waals surface area contributed by atoms with Gasteiger partial charge in [-0.05, 0) is 43.0 Å². The molecule has 1 heterocycles. The first-order valence-electron chi connectivity index (χ1n) is 6.60. The third kappa shape index (κ3) is 3.97. The summed E-state index contributed by atoms with van der Waals surface area (Å²) >= 11 is 5.66. The van der Waals surface area contributed by atoms with E-state index in [4.69, 9.17) is 11.6 Å². The molecule has 0 unspecified atom stereocenters. The van der Waals surface area contributed by atoms with Gasteiger partial charge in [0.05, 0.1) is 0 Å². The number of amides is 1. The van der Waals surface area contributed by atoms with E-state index >= 15 is 0 Å². The Morgan fingerprint density at radius 1 is 1.21 bits per heavy atom. The Bertz CT molecular complexity index is 479. The Balaban J connectivity index is 1.90. The van der Waals surface area contributed by atoms with E-state index in [1.54, 1.807) is 4.90 Å². The fraction of sp³-hybridized carbons (Fsp3) is 0.312. The predicted octanol–water partition coefficient (Wildman–Crippen LogP) is 3.99. The number of alkyl halides is 1. The van der Waals surface area contributed by atoms with Gasteiger partial charge < -0.3 is 4.90 Å². The molecule has 100 valence electrons. The summed E-state index contributed by atoms with van der Waals surface area (Å²) in [4.78, 5) is 13.9. The molecule has 1 amide bonds. The van der Waals surface area contributed by atoms with Crippen molar-refractivity contribution in [2.75, 3.05) is 12.4 Å². The topological polar surface area (TPSA) is 20.3 Å². The van der Waals surface area contributed by atoms with Crippen LogP contribution in [-0.2, 0) is 0 Å². The van der Waals surface area contributed by atoms with Crippen molar-refractivity contribution in [2.24, 2.45) is 0 Å². The molecule has 2 rings (SSSR count). The van der Waals surface area contributed by atoms with E-state index in [9.17, 15) is 4.79 Å². The summed E-state index contributed by atoms with van der Waals surface area (Å²) in [6, 6.07) is 9.37. The molecule has 1 aliphatic rings. The molecule has 19 heavy (non-hydrogen) atoms. The fourth-order valence-electron chi connectivity index (χ4n) is 2.04. The van der Waals surface area contributed by atoms with Gasteiger partial charge in [0.2, 0.25) is 0 Å². The van der Waals surface area contributed by atoms with Crippen LogP contribution in [0.25, 0.3) is 0 Å². The van der Waals surface area contributed by atoms with Gasteiger partial charge in [-0.25, -0.2) is 0 Å². The van der Waals surface area contributed by atoms with Crippen molar-refractivity contribution in [3.63, 3.8) is 0 Å². The molecule has 1 aliphatic heterocycles. The molecule has 0 spiro atoms. The molecule has 0 atom stereocenters. The number of carbonyl (C=O) groups is 1. The minimum atomic E-state index is 0.0490. The Morgan fingerprint density at radius 2 is 2.00 bits per heavy atom. The van der Waals surface area contributed by atoms with E-state index in [-0.39, 0.29) is 5.91 Å². The molecule has 0 saturated heterocycles. The van der Waals surface area contributed by atoms with Gasteiger partial charge in [-0.1, -0.05) is 24.3 Å². The van der Waals surface area contributed by atoms with E-state index in [0.29, 0.717) is 6.54 Å². The van der Waals surface area contributed by atoms with Crippen LogP contribution in [0.2, 0.25) is 0 Å². The third-order valence-electron chi connectivity index (χ3n) is 3.15. The number of allylic oxidation sites excluding steroid dienone is 2. The first-order valence-corrected chi connectivity index (χ1v) is 7.14. The number of carbonyl (C=O) groups excluding carboxylic acids is 1. The second-order valence-electron chi connectivity index (χ2n) is 4.56. The second-order valence-corrected chi connectivity index (χ2v) is 4.94. The molecule has 0 bridgehead atoms. The van der Waals surface area contributed by atoms with Crippen molar-refractivity contribution in [3.05, 3.63) is 59.8 Å². The summed E-state index contributed by atoms with van der Waals surface area (Å²) in [5.41, 5.74) is 2.02. The van der Waals surface area contributed by atoms with Crippen LogP contribution in [-0.4, -0.2) is 23.2 Å². The predicted molar refractivity (Wildman–Crippen MR) is 79.3 cm³/mol. The first-order chi connectivity index (χ1) is 9.31. The average molecular weight is 276 g/mol. The molecule has 0 aliphatic carbocycles. The number of benzene rings is 1. The van der Waals surface area contributed by atoms with Crippen LogP contribution in [0.3, 0.4) is 0 Å². The first kappa shape index (κ1) is 13.9. The number of halogens is 1. The molecule has 0 aromatic heterocycles. The highest BCUT2D eigenvalue weighted by molar-refractivity contribution is 6.17. The molecule has 1 aromatic rings. The molecular weight excluding hydrogens is 258 g/mol. The summed E-state index contributed by atoms with van der Waals surface area (Å²) in [7, 11) is 0. The van der Waals surface area contributed by atoms with Crippen molar-refractivity contribution in [3.8, 4) is 0 Å². The van der Waals surface area contributed by atoms with Crippen molar-refractivity contribution in [1.82, 2.24) is 4.90 Å². The zero-order valence-corrected chi connectivity index (χ0v) is 11.6. The van der Waals surface area contributed by atoms with E-state index in [0.717, 1.165) is 30.7 Å². The lowest BCUT2D eigenvalue weighted by Gasteiger charge is -2.21. The third-order valence-corrected chi connectivity index (χ3v) is 3.42. The molecule has 0 saturated carbocycles. The van der Waals surface area contributed by atoms with Crippen LogP contribution >= 0.6 is 11.6 Å². The number of hydrogen-bond acceptors (Lipinski definition) is 1. The van der Waals surface area contributed by atoms with E-state index in [1.165, 1.54) is 5.57 Å². The van der Waals surface area contributed by atoms with Gasteiger partial charge in [0.1, 0.15) is 0 Å². The van der Waals surface area contributed by atoms with Crippen LogP contribution in [0.4, 0.5) is 0 Å². The highest BCUT2D eigenvalue weighted by Crippen LogP contribution is 2.16. The fourth-order valence-corrected chi connectivity index (χ4v) is 2.23.